The van der Waals surface area contributed by atoms with E-state index in [0.29, 0.717) is 0 Å². The number of amides is 1. The molecule has 5 N–H and O–H groups in total. The highest BCUT2D eigenvalue weighted by molar-refractivity contribution is 5.84. The molecular formula is C20H25N3O12. The van der Waals surface area contributed by atoms with Crippen molar-refractivity contribution < 1.29 is 48.2 Å². The van der Waals surface area contributed by atoms with Crippen LogP contribution in [0.1, 0.15) is 20.1 Å². The molecule has 3 aliphatic heterocycles. The van der Waals surface area contributed by atoms with Crippen molar-refractivity contribution in [2.75, 3.05) is 7.11 Å². The van der Waals surface area contributed by atoms with Gasteiger partial charge >= 0.3 is 11.7 Å². The van der Waals surface area contributed by atoms with Crippen LogP contribution in [0, 0.1) is 0 Å². The molecule has 15 heteroatoms. The Hall–Kier alpha value is -3.08. The monoisotopic (exact) mass is 499 g/mol. The number of rotatable bonds is 7. The van der Waals surface area contributed by atoms with Gasteiger partial charge < -0.3 is 44.4 Å². The lowest BCUT2D eigenvalue weighted by atomic mass is 10.0. The van der Waals surface area contributed by atoms with Crippen LogP contribution in [0.5, 0.6) is 0 Å². The number of aromatic nitrogens is 2. The number of carbonyl (C=O) groups excluding carboxylic acids is 1. The number of aliphatic hydroxyl groups excluding tert-OH is 1. The minimum Gasteiger partial charge on any atom is -0.475 e. The molecule has 0 aliphatic carbocycles. The molecule has 15 nitrogen and oxygen atoms in total. The van der Waals surface area contributed by atoms with Crippen LogP contribution in [0.15, 0.2) is 33.7 Å². The highest BCUT2D eigenvalue weighted by Crippen LogP contribution is 2.38. The number of H-pyrrole nitrogens is 1. The van der Waals surface area contributed by atoms with Gasteiger partial charge in [-0.1, -0.05) is 0 Å². The van der Waals surface area contributed by atoms with Gasteiger partial charge in [0, 0.05) is 19.4 Å². The molecule has 0 unspecified atom stereocenters. The number of carboxylic acid groups (broad SMARTS) is 1. The van der Waals surface area contributed by atoms with Crippen LogP contribution in [0.4, 0.5) is 0 Å². The standard InChI is InChI=1S/C20H25N3O12/c1-20(2)34-7-6-8(17(27)28)31-18(11(7)35-20)33-14(15(21)26)13-12(30-3)10(25)16(32-13)23-5-4-9(24)22-19(23)29/h4-7,10-14,16,18,25H,1-3H3,(H2,21,26)(H,27,28)(H,22,24,29)/t7-,10+,11-,12-,13-,14+,16+,18+/m0/s1. The second kappa shape index (κ2) is 9.18. The van der Waals surface area contributed by atoms with Crippen LogP contribution >= 0.6 is 0 Å². The lowest BCUT2D eigenvalue weighted by molar-refractivity contribution is -0.242. The van der Waals surface area contributed by atoms with Crippen LogP contribution in [-0.2, 0) is 38.0 Å². The van der Waals surface area contributed by atoms with Crippen LogP contribution in [0.3, 0.4) is 0 Å². The van der Waals surface area contributed by atoms with E-state index in [2.05, 4.69) is 0 Å². The topological polar surface area (TPSA) is 211 Å². The zero-order valence-electron chi connectivity index (χ0n) is 18.9. The first-order valence-electron chi connectivity index (χ1n) is 10.5. The van der Waals surface area contributed by atoms with Crippen molar-refractivity contribution in [3.05, 3.63) is 44.9 Å². The van der Waals surface area contributed by atoms with Crippen LogP contribution in [-0.4, -0.2) is 87.5 Å². The first-order valence-corrected chi connectivity index (χ1v) is 10.5. The van der Waals surface area contributed by atoms with E-state index in [1.807, 2.05) is 4.98 Å². The fourth-order valence-corrected chi connectivity index (χ4v) is 4.27. The second-order valence-electron chi connectivity index (χ2n) is 8.55. The van der Waals surface area contributed by atoms with Gasteiger partial charge in [-0.15, -0.1) is 0 Å². The predicted octanol–water partition coefficient (Wildman–Crippen LogP) is -2.47. The summed E-state index contributed by atoms with van der Waals surface area (Å²) in [5, 5.41) is 20.2. The average molecular weight is 499 g/mol. The molecule has 4 heterocycles. The molecule has 1 aromatic rings. The van der Waals surface area contributed by atoms with Crippen LogP contribution in [0.2, 0.25) is 0 Å². The number of aliphatic carboxylic acids is 1. The number of carboxylic acids is 1. The van der Waals surface area contributed by atoms with E-state index in [9.17, 15) is 29.4 Å². The summed E-state index contributed by atoms with van der Waals surface area (Å²) >= 11 is 0. The number of hydrogen-bond donors (Lipinski definition) is 4. The highest BCUT2D eigenvalue weighted by Gasteiger charge is 2.55. The number of carbonyl (C=O) groups is 2. The number of fused-ring (bicyclic) bond motifs is 1. The summed E-state index contributed by atoms with van der Waals surface area (Å²) in [6.07, 6.45) is -8.09. The summed E-state index contributed by atoms with van der Waals surface area (Å²) in [7, 11) is 1.23. The van der Waals surface area contributed by atoms with E-state index in [0.717, 1.165) is 16.8 Å². The van der Waals surface area contributed by atoms with E-state index in [4.69, 9.17) is 34.2 Å². The minimum absolute atomic E-state index is 0.492. The smallest absolute Gasteiger partial charge is 0.371 e. The van der Waals surface area contributed by atoms with Crippen molar-refractivity contribution >= 4 is 11.9 Å². The Morgan fingerprint density at radius 2 is 2.00 bits per heavy atom. The minimum atomic E-state index is -1.65. The number of nitrogens with zero attached hydrogens (tertiary/aromatic N) is 1. The van der Waals surface area contributed by atoms with Crippen LogP contribution < -0.4 is 17.0 Å². The SMILES string of the molecule is CO[C@H]1[C@@H](O)[C@H](n2ccc(=O)[nH]c2=O)O[C@@H]1[C@@H](O[C@H]1OC(C(=O)O)=C[C@@H]2OC(C)(C)O[C@H]12)C(N)=O. The maximum atomic E-state index is 12.4. The molecule has 0 radical (unpaired) electrons. The van der Waals surface area contributed by atoms with Crippen molar-refractivity contribution in [3.63, 3.8) is 0 Å². The molecule has 192 valence electrons. The van der Waals surface area contributed by atoms with Gasteiger partial charge in [-0.25, -0.2) is 9.59 Å². The first kappa shape index (κ1) is 25.0. The summed E-state index contributed by atoms with van der Waals surface area (Å²) in [4.78, 5) is 49.6. The van der Waals surface area contributed by atoms with Gasteiger partial charge in [0.2, 0.25) is 18.0 Å². The summed E-state index contributed by atoms with van der Waals surface area (Å²) in [6.45, 7) is 3.21. The van der Waals surface area contributed by atoms with Gasteiger partial charge in [0.25, 0.3) is 5.56 Å². The van der Waals surface area contributed by atoms with Crippen molar-refractivity contribution in [1.29, 1.82) is 0 Å². The molecule has 4 rings (SSSR count). The first-order chi connectivity index (χ1) is 16.4. The molecule has 0 spiro atoms. The third-order valence-corrected chi connectivity index (χ3v) is 5.71. The summed E-state index contributed by atoms with van der Waals surface area (Å²) in [5.41, 5.74) is 4.02. The Balaban J connectivity index is 1.63. The van der Waals surface area contributed by atoms with Crippen molar-refractivity contribution in [3.8, 4) is 0 Å². The zero-order chi connectivity index (χ0) is 25.7. The molecule has 0 bridgehead atoms. The number of nitrogens with two attached hydrogens (primary N) is 1. The second-order valence-corrected chi connectivity index (χ2v) is 8.55. The fourth-order valence-electron chi connectivity index (χ4n) is 4.27. The molecule has 0 saturated carbocycles. The number of ether oxygens (including phenoxy) is 6. The average Bonchev–Trinajstić information content (AvgIpc) is 3.26. The number of nitrogens with one attached hydrogen (secondary N) is 1. The molecule has 0 aromatic carbocycles. The van der Waals surface area contributed by atoms with Gasteiger partial charge in [-0.05, 0) is 19.9 Å². The predicted molar refractivity (Wildman–Crippen MR) is 111 cm³/mol. The normalized spacial score (nSPS) is 34.5. The third kappa shape index (κ3) is 4.73. The molecule has 8 atom stereocenters. The maximum Gasteiger partial charge on any atom is 0.371 e. The highest BCUT2D eigenvalue weighted by atomic mass is 16.8. The number of aromatic amines is 1. The Morgan fingerprint density at radius 1 is 1.29 bits per heavy atom. The van der Waals surface area contributed by atoms with Crippen LogP contribution in [0.25, 0.3) is 0 Å². The number of aliphatic hydroxyl groups is 1. The molecule has 1 aromatic heterocycles. The van der Waals surface area contributed by atoms with Crippen molar-refractivity contribution in [2.45, 2.75) is 68.8 Å². The largest absolute Gasteiger partial charge is 0.475 e. The van der Waals surface area contributed by atoms with Gasteiger partial charge in [0.15, 0.2) is 24.2 Å². The Labute approximate surface area is 196 Å². The number of primary amides is 1. The van der Waals surface area contributed by atoms with Gasteiger partial charge in [0.05, 0.1) is 0 Å². The Kier molecular flexibility index (Phi) is 6.56. The quantitative estimate of drug-likeness (QED) is 0.307. The Morgan fingerprint density at radius 3 is 2.60 bits per heavy atom. The third-order valence-electron chi connectivity index (χ3n) is 5.71. The van der Waals surface area contributed by atoms with E-state index in [1.54, 1.807) is 13.8 Å². The fraction of sp³-hybridized carbons (Fsp3) is 0.600. The van der Waals surface area contributed by atoms with E-state index < -0.39 is 83.8 Å². The lowest BCUT2D eigenvalue weighted by Crippen LogP contribution is -2.53. The molecule has 2 fully saturated rings. The summed E-state index contributed by atoms with van der Waals surface area (Å²) < 4.78 is 34.6. The zero-order valence-corrected chi connectivity index (χ0v) is 18.9. The van der Waals surface area contributed by atoms with Gasteiger partial charge in [-0.3, -0.25) is 19.1 Å². The van der Waals surface area contributed by atoms with E-state index >= 15 is 0 Å². The maximum absolute atomic E-state index is 12.4. The number of methoxy groups -OCH3 is 1. The number of hydrogen-bond acceptors (Lipinski definition) is 11. The lowest BCUT2D eigenvalue weighted by Gasteiger charge is -2.34. The van der Waals surface area contributed by atoms with Crippen molar-refractivity contribution in [2.24, 2.45) is 5.73 Å². The molecule has 35 heavy (non-hydrogen) atoms. The van der Waals surface area contributed by atoms with E-state index in [-0.39, 0.29) is 0 Å². The summed E-state index contributed by atoms with van der Waals surface area (Å²) in [6, 6.07) is 1.05. The molecule has 2 saturated heterocycles. The van der Waals surface area contributed by atoms with E-state index in [1.165, 1.54) is 13.2 Å². The Bertz CT molecular complexity index is 1140. The van der Waals surface area contributed by atoms with Crippen molar-refractivity contribution in [1.82, 2.24) is 9.55 Å². The van der Waals surface area contributed by atoms with Gasteiger partial charge in [0.1, 0.15) is 24.4 Å². The van der Waals surface area contributed by atoms with Gasteiger partial charge in [-0.2, -0.15) is 0 Å². The molecule has 3 aliphatic rings. The molecule has 1 amide bonds. The summed E-state index contributed by atoms with van der Waals surface area (Å²) in [5.74, 6) is -4.06. The molecular weight excluding hydrogens is 474 g/mol.